The van der Waals surface area contributed by atoms with Gasteiger partial charge in [-0.1, -0.05) is 0 Å². The van der Waals surface area contributed by atoms with E-state index in [-0.39, 0.29) is 17.0 Å². The van der Waals surface area contributed by atoms with Crippen molar-refractivity contribution >= 4 is 6.29 Å². The SMILES string of the molecule is CN(C)Cc1ncc(-c2ccc(Oc3[nH]c(=O)ccc3C=O)cc2)n1C. The zero-order valence-corrected chi connectivity index (χ0v) is 14.9. The number of hydrogen-bond donors (Lipinski definition) is 1. The molecule has 2 aromatic heterocycles. The lowest BCUT2D eigenvalue weighted by atomic mass is 10.1. The molecule has 0 bridgehead atoms. The van der Waals surface area contributed by atoms with Gasteiger partial charge in [0.25, 0.3) is 5.56 Å². The molecule has 2 heterocycles. The molecule has 0 unspecified atom stereocenters. The van der Waals surface area contributed by atoms with E-state index in [1.54, 1.807) is 12.1 Å². The summed E-state index contributed by atoms with van der Waals surface area (Å²) in [5, 5.41) is 0. The van der Waals surface area contributed by atoms with E-state index in [0.29, 0.717) is 12.0 Å². The fraction of sp³-hybridized carbons (Fsp3) is 0.211. The van der Waals surface area contributed by atoms with Gasteiger partial charge in [0, 0.05) is 18.7 Å². The Morgan fingerprint density at radius 1 is 1.19 bits per heavy atom. The number of rotatable bonds is 6. The third-order valence-corrected chi connectivity index (χ3v) is 3.95. The predicted molar refractivity (Wildman–Crippen MR) is 98.6 cm³/mol. The minimum Gasteiger partial charge on any atom is -0.440 e. The maximum absolute atomic E-state index is 11.4. The summed E-state index contributed by atoms with van der Waals surface area (Å²) in [7, 11) is 5.99. The minimum atomic E-state index is -0.328. The Hall–Kier alpha value is -3.19. The van der Waals surface area contributed by atoms with E-state index in [1.165, 1.54) is 12.1 Å². The summed E-state index contributed by atoms with van der Waals surface area (Å²) >= 11 is 0. The highest BCUT2D eigenvalue weighted by molar-refractivity contribution is 5.78. The molecular formula is C19H20N4O3. The van der Waals surface area contributed by atoms with Crippen LogP contribution >= 0.6 is 0 Å². The molecule has 0 saturated carbocycles. The Morgan fingerprint density at radius 2 is 1.92 bits per heavy atom. The molecule has 3 aromatic rings. The number of aromatic amines is 1. The van der Waals surface area contributed by atoms with Crippen molar-refractivity contribution in [1.82, 2.24) is 19.4 Å². The molecule has 0 aliphatic heterocycles. The molecule has 0 aliphatic carbocycles. The molecule has 0 spiro atoms. The molecule has 7 nitrogen and oxygen atoms in total. The van der Waals surface area contributed by atoms with Crippen molar-refractivity contribution in [3.05, 3.63) is 64.3 Å². The first kappa shape index (κ1) is 17.6. The van der Waals surface area contributed by atoms with Crippen molar-refractivity contribution < 1.29 is 9.53 Å². The van der Waals surface area contributed by atoms with Crippen molar-refractivity contribution in [2.75, 3.05) is 14.1 Å². The van der Waals surface area contributed by atoms with Crippen LogP contribution in [0.25, 0.3) is 11.3 Å². The van der Waals surface area contributed by atoms with Crippen LogP contribution in [0.4, 0.5) is 0 Å². The number of H-pyrrole nitrogens is 1. The van der Waals surface area contributed by atoms with Gasteiger partial charge in [0.1, 0.15) is 11.6 Å². The second-order valence-corrected chi connectivity index (χ2v) is 6.21. The number of carbonyl (C=O) groups excluding carboxylic acids is 1. The van der Waals surface area contributed by atoms with E-state index in [1.807, 2.05) is 39.5 Å². The lowest BCUT2D eigenvalue weighted by molar-refractivity contribution is 0.112. The van der Waals surface area contributed by atoms with Crippen LogP contribution in [0.2, 0.25) is 0 Å². The van der Waals surface area contributed by atoms with Crippen molar-refractivity contribution in [3.63, 3.8) is 0 Å². The summed E-state index contributed by atoms with van der Waals surface area (Å²) in [6, 6.07) is 10.1. The average molecular weight is 352 g/mol. The van der Waals surface area contributed by atoms with Crippen molar-refractivity contribution in [3.8, 4) is 22.9 Å². The monoisotopic (exact) mass is 352 g/mol. The molecule has 1 N–H and O–H groups in total. The van der Waals surface area contributed by atoms with Gasteiger partial charge in [-0.15, -0.1) is 0 Å². The summed E-state index contributed by atoms with van der Waals surface area (Å²) in [5.41, 5.74) is 1.95. The number of aromatic nitrogens is 3. The predicted octanol–water partition coefficient (Wildman–Crippen LogP) is 2.44. The fourth-order valence-electron chi connectivity index (χ4n) is 2.60. The summed E-state index contributed by atoms with van der Waals surface area (Å²) in [6.45, 7) is 0.757. The largest absolute Gasteiger partial charge is 0.440 e. The number of carbonyl (C=O) groups is 1. The van der Waals surface area contributed by atoms with E-state index in [2.05, 4.69) is 19.4 Å². The van der Waals surface area contributed by atoms with Crippen LogP contribution in [0, 0.1) is 0 Å². The zero-order chi connectivity index (χ0) is 18.7. The van der Waals surface area contributed by atoms with Gasteiger partial charge in [0.15, 0.2) is 6.29 Å². The van der Waals surface area contributed by atoms with Crippen LogP contribution in [0.1, 0.15) is 16.2 Å². The molecular weight excluding hydrogens is 332 g/mol. The highest BCUT2D eigenvalue weighted by Crippen LogP contribution is 2.26. The third kappa shape index (κ3) is 3.73. The van der Waals surface area contributed by atoms with Crippen LogP contribution in [0.15, 0.2) is 47.4 Å². The molecule has 0 fully saturated rings. The van der Waals surface area contributed by atoms with Crippen molar-refractivity contribution in [1.29, 1.82) is 0 Å². The molecule has 134 valence electrons. The lowest BCUT2D eigenvalue weighted by Gasteiger charge is -2.11. The topological polar surface area (TPSA) is 80.2 Å². The number of imidazole rings is 1. The fourth-order valence-corrected chi connectivity index (χ4v) is 2.60. The maximum Gasteiger partial charge on any atom is 0.250 e. The number of benzene rings is 1. The first-order valence-electron chi connectivity index (χ1n) is 8.10. The zero-order valence-electron chi connectivity index (χ0n) is 14.9. The van der Waals surface area contributed by atoms with Gasteiger partial charge in [0.05, 0.1) is 24.0 Å². The van der Waals surface area contributed by atoms with Gasteiger partial charge in [-0.3, -0.25) is 14.6 Å². The van der Waals surface area contributed by atoms with E-state index in [0.717, 1.165) is 23.6 Å². The smallest absolute Gasteiger partial charge is 0.250 e. The molecule has 7 heteroatoms. The molecule has 0 saturated heterocycles. The number of nitrogens with one attached hydrogen (secondary N) is 1. The van der Waals surface area contributed by atoms with Gasteiger partial charge >= 0.3 is 0 Å². The standard InChI is InChI=1S/C19H20N4O3/c1-22(2)11-17-20-10-16(23(17)3)13-4-7-15(8-5-13)26-19-14(12-24)6-9-18(25)21-19/h4-10,12H,11H2,1-3H3,(H,21,25). The minimum absolute atomic E-state index is 0.133. The first-order valence-corrected chi connectivity index (χ1v) is 8.10. The van der Waals surface area contributed by atoms with Gasteiger partial charge in [0.2, 0.25) is 5.88 Å². The molecule has 0 aliphatic rings. The van der Waals surface area contributed by atoms with Crippen LogP contribution in [0.5, 0.6) is 11.6 Å². The van der Waals surface area contributed by atoms with E-state index in [4.69, 9.17) is 4.74 Å². The second-order valence-electron chi connectivity index (χ2n) is 6.21. The highest BCUT2D eigenvalue weighted by Gasteiger charge is 2.10. The van der Waals surface area contributed by atoms with Crippen LogP contribution in [-0.4, -0.2) is 39.8 Å². The van der Waals surface area contributed by atoms with Crippen molar-refractivity contribution in [2.24, 2.45) is 7.05 Å². The van der Waals surface area contributed by atoms with Gasteiger partial charge in [-0.25, -0.2) is 4.98 Å². The number of aldehydes is 1. The number of pyridine rings is 1. The highest BCUT2D eigenvalue weighted by atomic mass is 16.5. The number of ether oxygens (including phenoxy) is 1. The van der Waals surface area contributed by atoms with E-state index in [9.17, 15) is 9.59 Å². The number of hydrogen-bond acceptors (Lipinski definition) is 5. The third-order valence-electron chi connectivity index (χ3n) is 3.95. The van der Waals surface area contributed by atoms with Crippen LogP contribution in [-0.2, 0) is 13.6 Å². The molecule has 0 atom stereocenters. The molecule has 0 amide bonds. The Labute approximate surface area is 150 Å². The normalized spacial score (nSPS) is 10.9. The Kier molecular flexibility index (Phi) is 4.99. The molecule has 1 aromatic carbocycles. The summed E-state index contributed by atoms with van der Waals surface area (Å²) in [5.74, 6) is 1.63. The maximum atomic E-state index is 11.4. The van der Waals surface area contributed by atoms with Crippen LogP contribution in [0.3, 0.4) is 0 Å². The first-order chi connectivity index (χ1) is 12.5. The Balaban J connectivity index is 1.84. The van der Waals surface area contributed by atoms with Gasteiger partial charge < -0.3 is 14.2 Å². The molecule has 0 radical (unpaired) electrons. The van der Waals surface area contributed by atoms with E-state index < -0.39 is 0 Å². The summed E-state index contributed by atoms with van der Waals surface area (Å²) in [4.78, 5) is 31.6. The lowest BCUT2D eigenvalue weighted by Crippen LogP contribution is -2.14. The van der Waals surface area contributed by atoms with Crippen molar-refractivity contribution in [2.45, 2.75) is 6.54 Å². The van der Waals surface area contributed by atoms with Gasteiger partial charge in [-0.05, 0) is 44.4 Å². The average Bonchev–Trinajstić information content (AvgIpc) is 2.96. The Bertz CT molecular complexity index is 971. The summed E-state index contributed by atoms with van der Waals surface area (Å²) < 4.78 is 7.69. The number of nitrogens with zero attached hydrogens (tertiary/aromatic N) is 3. The van der Waals surface area contributed by atoms with Gasteiger partial charge in [-0.2, -0.15) is 0 Å². The summed E-state index contributed by atoms with van der Waals surface area (Å²) in [6.07, 6.45) is 2.48. The second kappa shape index (κ2) is 7.37. The quantitative estimate of drug-likeness (QED) is 0.689. The van der Waals surface area contributed by atoms with E-state index >= 15 is 0 Å². The molecule has 3 rings (SSSR count). The van der Waals surface area contributed by atoms with Crippen LogP contribution < -0.4 is 10.3 Å². The molecule has 26 heavy (non-hydrogen) atoms. The Morgan fingerprint density at radius 3 is 2.58 bits per heavy atom.